The summed E-state index contributed by atoms with van der Waals surface area (Å²) in [7, 11) is 3.31. The van der Waals surface area contributed by atoms with Crippen LogP contribution in [-0.4, -0.2) is 9.13 Å². The maximum atomic E-state index is 5.16. The lowest BCUT2D eigenvalue weighted by Gasteiger charge is -2.27. The molecular formula is C29H34N3P. The second-order valence-electron chi connectivity index (χ2n) is 9.18. The molecular weight excluding hydrogens is 421 g/mol. The number of hydrogen-bond acceptors (Lipinski definition) is 1. The summed E-state index contributed by atoms with van der Waals surface area (Å²) in [5.74, 6) is 0.902. The van der Waals surface area contributed by atoms with Crippen LogP contribution in [-0.2, 0) is 14.1 Å². The molecule has 0 aliphatic carbocycles. The summed E-state index contributed by atoms with van der Waals surface area (Å²) in [4.78, 5) is 5.16. The molecule has 0 amide bonds. The lowest BCUT2D eigenvalue weighted by Crippen LogP contribution is -2.27. The highest BCUT2D eigenvalue weighted by molar-refractivity contribution is 7.80. The van der Waals surface area contributed by atoms with Crippen LogP contribution in [0, 0.1) is 0 Å². The quantitative estimate of drug-likeness (QED) is 0.338. The van der Waals surface area contributed by atoms with Crippen LogP contribution < -0.4 is 21.5 Å². The Kier molecular flexibility index (Phi) is 7.00. The first-order valence-corrected chi connectivity index (χ1v) is 13.0. The van der Waals surface area contributed by atoms with E-state index in [1.165, 1.54) is 27.0 Å². The SMILES string of the molecule is CC(C)c1ccccc1P(c1ccccc1N=c1n(C)ccn1C)c1ccccc1C(C)C. The number of hydrogen-bond donors (Lipinski definition) is 0. The lowest BCUT2D eigenvalue weighted by molar-refractivity contribution is 0.746. The number of nitrogens with zero attached hydrogens (tertiary/aromatic N) is 3. The summed E-state index contributed by atoms with van der Waals surface area (Å²) in [6, 6.07) is 26.7. The summed E-state index contributed by atoms with van der Waals surface area (Å²) in [5.41, 5.74) is 4.81. The predicted molar refractivity (Wildman–Crippen MR) is 143 cm³/mol. The van der Waals surface area contributed by atoms with Gasteiger partial charge in [-0.05, 0) is 47.6 Å². The van der Waals surface area contributed by atoms with E-state index < -0.39 is 7.92 Å². The van der Waals surface area contributed by atoms with Crippen molar-refractivity contribution < 1.29 is 0 Å². The molecule has 0 N–H and O–H groups in total. The summed E-state index contributed by atoms with van der Waals surface area (Å²) in [6.45, 7) is 9.17. The van der Waals surface area contributed by atoms with Gasteiger partial charge in [-0.15, -0.1) is 0 Å². The van der Waals surface area contributed by atoms with Gasteiger partial charge in [0.05, 0.1) is 5.69 Å². The Hall–Kier alpha value is -2.90. The predicted octanol–water partition coefficient (Wildman–Crippen LogP) is 5.60. The number of aryl methyl sites for hydroxylation is 2. The Labute approximate surface area is 199 Å². The van der Waals surface area contributed by atoms with E-state index in [-0.39, 0.29) is 0 Å². The minimum absolute atomic E-state index is 0.451. The third-order valence-corrected chi connectivity index (χ3v) is 8.73. The van der Waals surface area contributed by atoms with Gasteiger partial charge >= 0.3 is 0 Å². The Morgan fingerprint density at radius 1 is 0.606 bits per heavy atom. The van der Waals surface area contributed by atoms with E-state index in [0.29, 0.717) is 11.8 Å². The minimum atomic E-state index is -0.787. The molecule has 0 radical (unpaired) electrons. The molecule has 0 unspecified atom stereocenters. The number of aromatic nitrogens is 2. The summed E-state index contributed by atoms with van der Waals surface area (Å²) >= 11 is 0. The lowest BCUT2D eigenvalue weighted by atomic mass is 10.0. The average Bonchev–Trinajstić information content (AvgIpc) is 3.13. The molecule has 3 nitrogen and oxygen atoms in total. The molecule has 0 bridgehead atoms. The van der Waals surface area contributed by atoms with E-state index in [4.69, 9.17) is 4.99 Å². The molecule has 0 spiro atoms. The summed E-state index contributed by atoms with van der Waals surface area (Å²) < 4.78 is 4.15. The molecule has 33 heavy (non-hydrogen) atoms. The molecule has 0 aliphatic heterocycles. The number of imidazole rings is 1. The van der Waals surface area contributed by atoms with Gasteiger partial charge in [-0.25, -0.2) is 4.99 Å². The maximum Gasteiger partial charge on any atom is 0.209 e. The molecule has 0 saturated heterocycles. The van der Waals surface area contributed by atoms with Crippen LogP contribution in [0.25, 0.3) is 0 Å². The summed E-state index contributed by atoms with van der Waals surface area (Å²) in [6.07, 6.45) is 4.10. The second-order valence-corrected chi connectivity index (χ2v) is 11.3. The molecule has 0 aliphatic rings. The average molecular weight is 456 g/mol. The van der Waals surface area contributed by atoms with Crippen LogP contribution in [0.5, 0.6) is 0 Å². The molecule has 170 valence electrons. The van der Waals surface area contributed by atoms with E-state index in [0.717, 1.165) is 11.3 Å². The van der Waals surface area contributed by atoms with Gasteiger partial charge in [-0.3, -0.25) is 0 Å². The van der Waals surface area contributed by atoms with Crippen LogP contribution in [0.1, 0.15) is 50.7 Å². The fourth-order valence-electron chi connectivity index (χ4n) is 4.34. The molecule has 4 heteroatoms. The zero-order valence-corrected chi connectivity index (χ0v) is 21.4. The van der Waals surface area contributed by atoms with Crippen molar-refractivity contribution in [1.29, 1.82) is 0 Å². The minimum Gasteiger partial charge on any atom is -0.320 e. The van der Waals surface area contributed by atoms with Gasteiger partial charge in [0.2, 0.25) is 5.62 Å². The first-order valence-electron chi connectivity index (χ1n) is 11.7. The molecule has 1 heterocycles. The zero-order chi connectivity index (χ0) is 23.5. The first-order chi connectivity index (χ1) is 15.9. The van der Waals surface area contributed by atoms with Crippen molar-refractivity contribution in [2.75, 3.05) is 0 Å². The molecule has 1 aromatic heterocycles. The van der Waals surface area contributed by atoms with Crippen molar-refractivity contribution in [3.8, 4) is 0 Å². The van der Waals surface area contributed by atoms with Crippen LogP contribution in [0.3, 0.4) is 0 Å². The number of benzene rings is 3. The molecule has 3 aromatic carbocycles. The smallest absolute Gasteiger partial charge is 0.209 e. The van der Waals surface area contributed by atoms with Crippen molar-refractivity contribution in [2.45, 2.75) is 39.5 Å². The van der Waals surface area contributed by atoms with Gasteiger partial charge in [0.25, 0.3) is 0 Å². The highest BCUT2D eigenvalue weighted by Gasteiger charge is 2.25. The normalized spacial score (nSPS) is 11.5. The van der Waals surface area contributed by atoms with Gasteiger partial charge in [-0.2, -0.15) is 0 Å². The fraction of sp³-hybridized carbons (Fsp3) is 0.276. The van der Waals surface area contributed by atoms with Gasteiger partial charge in [0.1, 0.15) is 0 Å². The van der Waals surface area contributed by atoms with Crippen LogP contribution in [0.4, 0.5) is 5.69 Å². The molecule has 4 rings (SSSR count). The van der Waals surface area contributed by atoms with Gasteiger partial charge in [0.15, 0.2) is 0 Å². The van der Waals surface area contributed by atoms with E-state index in [1.807, 2.05) is 26.5 Å². The van der Waals surface area contributed by atoms with Crippen molar-refractivity contribution in [3.05, 3.63) is 102 Å². The largest absolute Gasteiger partial charge is 0.320 e. The zero-order valence-electron chi connectivity index (χ0n) is 20.5. The van der Waals surface area contributed by atoms with Crippen molar-refractivity contribution in [2.24, 2.45) is 19.1 Å². The second kappa shape index (κ2) is 9.93. The van der Waals surface area contributed by atoms with E-state index in [2.05, 4.69) is 110 Å². The first kappa shape index (κ1) is 23.3. The van der Waals surface area contributed by atoms with E-state index in [1.54, 1.807) is 0 Å². The molecule has 4 aromatic rings. The van der Waals surface area contributed by atoms with Crippen molar-refractivity contribution in [3.63, 3.8) is 0 Å². The Balaban J connectivity index is 2.05. The monoisotopic (exact) mass is 455 g/mol. The van der Waals surface area contributed by atoms with E-state index in [9.17, 15) is 0 Å². The third-order valence-electron chi connectivity index (χ3n) is 6.09. The molecule has 0 fully saturated rings. The van der Waals surface area contributed by atoms with Crippen molar-refractivity contribution in [1.82, 2.24) is 9.13 Å². The van der Waals surface area contributed by atoms with Crippen LogP contribution >= 0.6 is 7.92 Å². The number of para-hydroxylation sites is 1. The summed E-state index contributed by atoms with van der Waals surface area (Å²) in [5, 5.41) is 4.15. The van der Waals surface area contributed by atoms with Gasteiger partial charge < -0.3 is 9.13 Å². The standard InChI is InChI=1S/C29H34N3P/c1-21(2)23-13-7-10-16-26(23)33(27-17-11-8-14-24(27)22(3)4)28-18-12-9-15-25(28)30-29-31(5)19-20-32(29)6/h7-22H,1-6H3. The highest BCUT2D eigenvalue weighted by Crippen LogP contribution is 2.41. The van der Waals surface area contributed by atoms with Gasteiger partial charge in [0, 0.05) is 31.8 Å². The maximum absolute atomic E-state index is 5.16. The van der Waals surface area contributed by atoms with Crippen molar-refractivity contribution >= 4 is 29.5 Å². The Bertz CT molecular complexity index is 1240. The highest BCUT2D eigenvalue weighted by atomic mass is 31.1. The van der Waals surface area contributed by atoms with Crippen LogP contribution in [0.2, 0.25) is 0 Å². The van der Waals surface area contributed by atoms with Crippen LogP contribution in [0.15, 0.2) is 90.2 Å². The van der Waals surface area contributed by atoms with E-state index >= 15 is 0 Å². The Morgan fingerprint density at radius 3 is 1.52 bits per heavy atom. The topological polar surface area (TPSA) is 22.2 Å². The van der Waals surface area contributed by atoms with Gasteiger partial charge in [-0.1, -0.05) is 94.4 Å². The molecule has 0 atom stereocenters. The third kappa shape index (κ3) is 4.75. The Morgan fingerprint density at radius 2 is 1.03 bits per heavy atom. The number of rotatable bonds is 6. The fourth-order valence-corrected chi connectivity index (χ4v) is 7.36. The molecule has 0 saturated carbocycles.